The second-order valence-corrected chi connectivity index (χ2v) is 4.91. The number of aromatic nitrogens is 1. The molecule has 0 aromatic carbocycles. The van der Waals surface area contributed by atoms with Crippen molar-refractivity contribution >= 4 is 11.5 Å². The summed E-state index contributed by atoms with van der Waals surface area (Å²) in [7, 11) is 0. The van der Waals surface area contributed by atoms with Gasteiger partial charge in [0.2, 0.25) is 0 Å². The van der Waals surface area contributed by atoms with Crippen molar-refractivity contribution in [2.24, 2.45) is 0 Å². The molecule has 0 saturated carbocycles. The number of rotatable bonds is 4. The Kier molecular flexibility index (Phi) is 3.18. The molecule has 1 unspecified atom stereocenters. The first-order chi connectivity index (χ1) is 8.37. The predicted octanol–water partition coefficient (Wildman–Crippen LogP) is 0.562. The summed E-state index contributed by atoms with van der Waals surface area (Å²) < 4.78 is 0. The molecule has 18 heavy (non-hydrogen) atoms. The molecule has 98 valence electrons. The Hall–Kier alpha value is -1.73. The van der Waals surface area contributed by atoms with E-state index in [1.807, 2.05) is 4.90 Å². The summed E-state index contributed by atoms with van der Waals surface area (Å²) >= 11 is 0. The Morgan fingerprint density at radius 2 is 2.44 bits per heavy atom. The van der Waals surface area contributed by atoms with Crippen molar-refractivity contribution in [3.8, 4) is 0 Å². The third-order valence-corrected chi connectivity index (χ3v) is 3.08. The van der Waals surface area contributed by atoms with E-state index in [-0.39, 0.29) is 23.7 Å². The van der Waals surface area contributed by atoms with Crippen LogP contribution in [-0.2, 0) is 0 Å². The van der Waals surface area contributed by atoms with Crippen molar-refractivity contribution in [2.75, 3.05) is 19.6 Å². The number of carbonyl (C=O) groups is 1. The fraction of sp³-hybridized carbons (Fsp3) is 0.545. The molecular weight excluding hydrogens is 238 g/mol. The second kappa shape index (κ2) is 4.51. The molecular formula is C11H15N3O4. The van der Waals surface area contributed by atoms with Gasteiger partial charge in [0.1, 0.15) is 0 Å². The van der Waals surface area contributed by atoms with Crippen molar-refractivity contribution in [3.63, 3.8) is 0 Å². The van der Waals surface area contributed by atoms with Gasteiger partial charge in [-0.1, -0.05) is 0 Å². The number of H-pyrrole nitrogens is 1. The third kappa shape index (κ3) is 2.74. The van der Waals surface area contributed by atoms with Crippen LogP contribution in [0.15, 0.2) is 12.3 Å². The SMILES string of the molecule is CC1(O)CCN(CC(=O)c2cc([N+](=O)[O-])c[nH]2)C1. The number of carbonyl (C=O) groups excluding carboxylic acids is 1. The predicted molar refractivity (Wildman–Crippen MR) is 63.5 cm³/mol. The topological polar surface area (TPSA) is 99.5 Å². The molecule has 1 saturated heterocycles. The lowest BCUT2D eigenvalue weighted by molar-refractivity contribution is -0.384. The van der Waals surface area contributed by atoms with Gasteiger partial charge >= 0.3 is 0 Å². The van der Waals surface area contributed by atoms with Crippen molar-refractivity contribution in [1.29, 1.82) is 0 Å². The zero-order valence-electron chi connectivity index (χ0n) is 10.0. The summed E-state index contributed by atoms with van der Waals surface area (Å²) in [5.41, 5.74) is -0.637. The van der Waals surface area contributed by atoms with Gasteiger partial charge in [0, 0.05) is 19.2 Å². The quantitative estimate of drug-likeness (QED) is 0.464. The number of hydrogen-bond acceptors (Lipinski definition) is 5. The molecule has 7 heteroatoms. The fourth-order valence-electron chi connectivity index (χ4n) is 2.11. The highest BCUT2D eigenvalue weighted by molar-refractivity contribution is 5.96. The van der Waals surface area contributed by atoms with E-state index >= 15 is 0 Å². The van der Waals surface area contributed by atoms with E-state index in [1.165, 1.54) is 12.3 Å². The third-order valence-electron chi connectivity index (χ3n) is 3.08. The van der Waals surface area contributed by atoms with Crippen LogP contribution in [0.1, 0.15) is 23.8 Å². The van der Waals surface area contributed by atoms with E-state index in [2.05, 4.69) is 4.98 Å². The van der Waals surface area contributed by atoms with Gasteiger partial charge in [0.15, 0.2) is 5.78 Å². The van der Waals surface area contributed by atoms with E-state index in [1.54, 1.807) is 6.92 Å². The molecule has 2 heterocycles. The lowest BCUT2D eigenvalue weighted by Crippen LogP contribution is -2.33. The van der Waals surface area contributed by atoms with Gasteiger partial charge in [-0.15, -0.1) is 0 Å². The molecule has 0 bridgehead atoms. The standard InChI is InChI=1S/C11H15N3O4/c1-11(16)2-3-13(7-11)6-10(15)9-4-8(5-12-9)14(17)18/h4-5,12,16H,2-3,6-7H2,1H3. The van der Waals surface area contributed by atoms with Crippen molar-refractivity contribution in [3.05, 3.63) is 28.1 Å². The van der Waals surface area contributed by atoms with Crippen LogP contribution in [0.25, 0.3) is 0 Å². The average molecular weight is 253 g/mol. The lowest BCUT2D eigenvalue weighted by Gasteiger charge is -2.17. The average Bonchev–Trinajstić information content (AvgIpc) is 2.85. The molecule has 0 spiro atoms. The first kappa shape index (κ1) is 12.7. The molecule has 1 atom stereocenters. The van der Waals surface area contributed by atoms with Crippen LogP contribution >= 0.6 is 0 Å². The number of hydrogen-bond donors (Lipinski definition) is 2. The number of ketones is 1. The Balaban J connectivity index is 1.97. The van der Waals surface area contributed by atoms with E-state index in [0.717, 1.165) is 0 Å². The molecule has 0 radical (unpaired) electrons. The smallest absolute Gasteiger partial charge is 0.287 e. The molecule has 1 aromatic rings. The summed E-state index contributed by atoms with van der Waals surface area (Å²) in [4.78, 5) is 26.3. The van der Waals surface area contributed by atoms with E-state index in [4.69, 9.17) is 0 Å². The zero-order chi connectivity index (χ0) is 13.3. The van der Waals surface area contributed by atoms with Crippen LogP contribution in [-0.4, -0.2) is 50.9 Å². The minimum absolute atomic E-state index is 0.119. The number of Topliss-reactive ketones (excluding diaryl/α,β-unsaturated/α-hetero) is 1. The van der Waals surface area contributed by atoms with Gasteiger partial charge in [-0.25, -0.2) is 0 Å². The Bertz CT molecular complexity index is 480. The number of nitro groups is 1. The molecule has 2 rings (SSSR count). The summed E-state index contributed by atoms with van der Waals surface area (Å²) in [6.45, 7) is 2.99. The Labute approximate surface area is 104 Å². The van der Waals surface area contributed by atoms with Crippen LogP contribution in [0.3, 0.4) is 0 Å². The summed E-state index contributed by atoms with van der Waals surface area (Å²) in [5.74, 6) is -0.208. The van der Waals surface area contributed by atoms with Crippen molar-refractivity contribution in [1.82, 2.24) is 9.88 Å². The molecule has 1 fully saturated rings. The number of aromatic amines is 1. The Morgan fingerprint density at radius 1 is 1.72 bits per heavy atom. The minimum Gasteiger partial charge on any atom is -0.389 e. The highest BCUT2D eigenvalue weighted by atomic mass is 16.6. The molecule has 2 N–H and O–H groups in total. The number of nitrogens with zero attached hydrogens (tertiary/aromatic N) is 2. The number of β-amino-alcohol motifs (C(OH)–C–C–N with tert-alkyl or cyclic N) is 1. The number of aliphatic hydroxyl groups is 1. The van der Waals surface area contributed by atoms with Gasteiger partial charge in [-0.05, 0) is 13.3 Å². The molecule has 1 aromatic heterocycles. The van der Waals surface area contributed by atoms with Gasteiger partial charge < -0.3 is 10.1 Å². The summed E-state index contributed by atoms with van der Waals surface area (Å²) in [6.07, 6.45) is 1.83. The van der Waals surface area contributed by atoms with Gasteiger partial charge in [0.25, 0.3) is 5.69 Å². The number of nitrogens with one attached hydrogen (secondary N) is 1. The van der Waals surface area contributed by atoms with Crippen LogP contribution in [0.5, 0.6) is 0 Å². The van der Waals surface area contributed by atoms with E-state index in [9.17, 15) is 20.0 Å². The maximum Gasteiger partial charge on any atom is 0.287 e. The highest BCUT2D eigenvalue weighted by Crippen LogP contribution is 2.20. The van der Waals surface area contributed by atoms with Crippen molar-refractivity contribution < 1.29 is 14.8 Å². The minimum atomic E-state index is -0.748. The van der Waals surface area contributed by atoms with E-state index < -0.39 is 10.5 Å². The molecule has 0 aliphatic carbocycles. The fourth-order valence-corrected chi connectivity index (χ4v) is 2.11. The number of likely N-dealkylation sites (tertiary alicyclic amines) is 1. The summed E-state index contributed by atoms with van der Waals surface area (Å²) in [5, 5.41) is 20.3. The maximum absolute atomic E-state index is 11.9. The largest absolute Gasteiger partial charge is 0.389 e. The van der Waals surface area contributed by atoms with Crippen LogP contribution < -0.4 is 0 Å². The van der Waals surface area contributed by atoms with Crippen LogP contribution in [0.2, 0.25) is 0 Å². The highest BCUT2D eigenvalue weighted by Gasteiger charge is 2.32. The van der Waals surface area contributed by atoms with Crippen LogP contribution in [0.4, 0.5) is 5.69 Å². The molecule has 7 nitrogen and oxygen atoms in total. The first-order valence-electron chi connectivity index (χ1n) is 5.68. The lowest BCUT2D eigenvalue weighted by atomic mass is 10.1. The first-order valence-corrected chi connectivity index (χ1v) is 5.68. The normalized spacial score (nSPS) is 24.3. The molecule has 0 amide bonds. The second-order valence-electron chi connectivity index (χ2n) is 4.91. The Morgan fingerprint density at radius 3 is 2.94 bits per heavy atom. The maximum atomic E-state index is 11.9. The molecule has 1 aliphatic rings. The van der Waals surface area contributed by atoms with Gasteiger partial charge in [-0.3, -0.25) is 19.8 Å². The summed E-state index contributed by atoms with van der Waals surface area (Å²) in [6, 6.07) is 1.23. The van der Waals surface area contributed by atoms with Gasteiger partial charge in [0.05, 0.1) is 29.0 Å². The van der Waals surface area contributed by atoms with Crippen LogP contribution in [0, 0.1) is 10.1 Å². The zero-order valence-corrected chi connectivity index (χ0v) is 10.0. The monoisotopic (exact) mass is 253 g/mol. The van der Waals surface area contributed by atoms with E-state index in [0.29, 0.717) is 19.5 Å². The molecule has 1 aliphatic heterocycles. The van der Waals surface area contributed by atoms with Gasteiger partial charge in [-0.2, -0.15) is 0 Å². The van der Waals surface area contributed by atoms with Crippen molar-refractivity contribution in [2.45, 2.75) is 18.9 Å².